The van der Waals surface area contributed by atoms with Crippen molar-refractivity contribution in [2.24, 2.45) is 0 Å². The molecular weight excluding hydrogens is 281 g/mol. The number of hydrogen-bond donors (Lipinski definition) is 2. The van der Waals surface area contributed by atoms with Gasteiger partial charge in [0.1, 0.15) is 5.82 Å². The van der Waals surface area contributed by atoms with Gasteiger partial charge in [0.15, 0.2) is 0 Å². The van der Waals surface area contributed by atoms with Crippen LogP contribution < -0.4 is 0 Å². The molecule has 0 aliphatic heterocycles. The summed E-state index contributed by atoms with van der Waals surface area (Å²) in [6.07, 6.45) is 1.19. The summed E-state index contributed by atoms with van der Waals surface area (Å²) in [6, 6.07) is 2.64. The summed E-state index contributed by atoms with van der Waals surface area (Å²) in [7, 11) is 0. The maximum absolute atomic E-state index is 13.5. The number of carboxylic acid groups (broad SMARTS) is 1. The molecule has 1 aromatic heterocycles. The van der Waals surface area contributed by atoms with Gasteiger partial charge in [-0.2, -0.15) is 0 Å². The third-order valence-corrected chi connectivity index (χ3v) is 2.83. The van der Waals surface area contributed by atoms with Crippen molar-refractivity contribution in [1.29, 1.82) is 0 Å². The molecular formula is C10H5BrFNO3. The molecule has 4 nitrogen and oxygen atoms in total. The lowest BCUT2D eigenvalue weighted by molar-refractivity contribution is -0.131. The topological polar surface area (TPSA) is 70.2 Å². The third-order valence-electron chi connectivity index (χ3n) is 2.17. The smallest absolute Gasteiger partial charge is 0.377 e. The van der Waals surface area contributed by atoms with Crippen LogP contribution in [0.2, 0.25) is 0 Å². The number of aromatic nitrogens is 1. The van der Waals surface area contributed by atoms with Crippen LogP contribution in [0.25, 0.3) is 10.9 Å². The molecule has 0 amide bonds. The molecule has 0 saturated carbocycles. The number of H-pyrrole nitrogens is 1. The van der Waals surface area contributed by atoms with Crippen molar-refractivity contribution in [1.82, 2.24) is 4.98 Å². The summed E-state index contributed by atoms with van der Waals surface area (Å²) in [5, 5.41) is 8.56. The predicted molar refractivity (Wildman–Crippen MR) is 57.9 cm³/mol. The van der Waals surface area contributed by atoms with E-state index in [0.29, 0.717) is 9.99 Å². The second kappa shape index (κ2) is 3.71. The van der Waals surface area contributed by atoms with E-state index in [1.807, 2.05) is 0 Å². The van der Waals surface area contributed by atoms with Crippen molar-refractivity contribution in [3.8, 4) is 0 Å². The summed E-state index contributed by atoms with van der Waals surface area (Å²) >= 11 is 3.17. The molecule has 16 heavy (non-hydrogen) atoms. The maximum atomic E-state index is 13.5. The molecule has 0 unspecified atom stereocenters. The number of aliphatic carboxylic acids is 1. The lowest BCUT2D eigenvalue weighted by Crippen LogP contribution is -2.12. The molecule has 0 spiro atoms. The van der Waals surface area contributed by atoms with Gasteiger partial charge in [-0.25, -0.2) is 9.18 Å². The summed E-state index contributed by atoms with van der Waals surface area (Å²) in [5.74, 6) is -3.38. The molecule has 1 heterocycles. The van der Waals surface area contributed by atoms with Gasteiger partial charge < -0.3 is 10.1 Å². The van der Waals surface area contributed by atoms with Crippen LogP contribution in [0.4, 0.5) is 4.39 Å². The van der Waals surface area contributed by atoms with Gasteiger partial charge in [-0.05, 0) is 28.1 Å². The number of carbonyl (C=O) groups is 2. The molecule has 0 atom stereocenters. The monoisotopic (exact) mass is 285 g/mol. The van der Waals surface area contributed by atoms with Crippen LogP contribution in [0.5, 0.6) is 0 Å². The number of carboxylic acids is 1. The molecule has 82 valence electrons. The highest BCUT2D eigenvalue weighted by Crippen LogP contribution is 2.28. The first kappa shape index (κ1) is 10.8. The predicted octanol–water partition coefficient (Wildman–Crippen LogP) is 2.34. The number of aromatic amines is 1. The van der Waals surface area contributed by atoms with E-state index < -0.39 is 17.6 Å². The highest BCUT2D eigenvalue weighted by Gasteiger charge is 2.21. The fraction of sp³-hybridized carbons (Fsp3) is 0. The zero-order chi connectivity index (χ0) is 11.9. The van der Waals surface area contributed by atoms with E-state index in [9.17, 15) is 14.0 Å². The fourth-order valence-corrected chi connectivity index (χ4v) is 1.91. The van der Waals surface area contributed by atoms with E-state index in [0.717, 1.165) is 0 Å². The number of Topliss-reactive ketones (excluding diaryl/α,β-unsaturated/α-hetero) is 1. The highest BCUT2D eigenvalue weighted by atomic mass is 79.9. The minimum absolute atomic E-state index is 0.0122. The zero-order valence-corrected chi connectivity index (χ0v) is 9.34. The summed E-state index contributed by atoms with van der Waals surface area (Å²) in [6.45, 7) is 0. The number of nitrogens with one attached hydrogen (secondary N) is 1. The lowest BCUT2D eigenvalue weighted by Gasteiger charge is -1.97. The van der Waals surface area contributed by atoms with Crippen molar-refractivity contribution in [2.75, 3.05) is 0 Å². The van der Waals surface area contributed by atoms with Crippen LogP contribution in [-0.4, -0.2) is 21.8 Å². The molecule has 0 aliphatic rings. The Labute approximate surface area is 97.2 Å². The van der Waals surface area contributed by atoms with Crippen molar-refractivity contribution in [3.63, 3.8) is 0 Å². The molecule has 2 N–H and O–H groups in total. The second-order valence-corrected chi connectivity index (χ2v) is 3.97. The van der Waals surface area contributed by atoms with Crippen molar-refractivity contribution < 1.29 is 19.1 Å². The number of carbonyl (C=O) groups excluding carboxylic acids is 1. The number of halogens is 2. The van der Waals surface area contributed by atoms with E-state index in [1.165, 1.54) is 18.3 Å². The summed E-state index contributed by atoms with van der Waals surface area (Å²) < 4.78 is 14.1. The van der Waals surface area contributed by atoms with Gasteiger partial charge in [0.05, 0.1) is 11.1 Å². The van der Waals surface area contributed by atoms with E-state index >= 15 is 0 Å². The molecule has 0 radical (unpaired) electrons. The third kappa shape index (κ3) is 1.51. The van der Waals surface area contributed by atoms with E-state index in [-0.39, 0.29) is 10.9 Å². The quantitative estimate of drug-likeness (QED) is 0.657. The first-order valence-corrected chi connectivity index (χ1v) is 5.04. The number of ketones is 1. The van der Waals surface area contributed by atoms with Crippen LogP contribution in [0, 0.1) is 5.82 Å². The van der Waals surface area contributed by atoms with Gasteiger partial charge in [-0.1, -0.05) is 0 Å². The molecule has 2 aromatic rings. The molecule has 2 rings (SSSR count). The van der Waals surface area contributed by atoms with E-state index in [4.69, 9.17) is 5.11 Å². The first-order valence-electron chi connectivity index (χ1n) is 4.25. The number of benzene rings is 1. The molecule has 0 saturated heterocycles. The lowest BCUT2D eigenvalue weighted by atomic mass is 10.1. The maximum Gasteiger partial charge on any atom is 0.377 e. The summed E-state index contributed by atoms with van der Waals surface area (Å²) in [4.78, 5) is 24.5. The molecule has 0 fully saturated rings. The molecule has 6 heteroatoms. The minimum atomic E-state index is -1.61. The molecule has 1 aromatic carbocycles. The van der Waals surface area contributed by atoms with Gasteiger partial charge in [0.2, 0.25) is 0 Å². The zero-order valence-electron chi connectivity index (χ0n) is 7.75. The average Bonchev–Trinajstić information content (AvgIpc) is 2.67. The van der Waals surface area contributed by atoms with Gasteiger partial charge in [-0.3, -0.25) is 4.79 Å². The Bertz CT molecular complexity index is 605. The Morgan fingerprint density at radius 3 is 2.69 bits per heavy atom. The summed E-state index contributed by atoms with van der Waals surface area (Å²) in [5.41, 5.74) is 0.186. The molecule has 0 bridgehead atoms. The van der Waals surface area contributed by atoms with Gasteiger partial charge in [-0.15, -0.1) is 0 Å². The van der Waals surface area contributed by atoms with Crippen LogP contribution in [0.15, 0.2) is 22.8 Å². The van der Waals surface area contributed by atoms with Crippen molar-refractivity contribution in [2.45, 2.75) is 0 Å². The Hall–Kier alpha value is -1.69. The standard InChI is InChI=1S/C10H5BrFNO3/c11-5-1-2-6(12)7-4(3-13-8(5)7)9(14)10(15)16/h1-3,13H,(H,15,16). The Morgan fingerprint density at radius 2 is 2.06 bits per heavy atom. The van der Waals surface area contributed by atoms with E-state index in [2.05, 4.69) is 20.9 Å². The van der Waals surface area contributed by atoms with Crippen LogP contribution in [0.3, 0.4) is 0 Å². The van der Waals surface area contributed by atoms with Gasteiger partial charge >= 0.3 is 5.97 Å². The average molecular weight is 286 g/mol. The normalized spacial score (nSPS) is 10.6. The molecule has 0 aliphatic carbocycles. The number of hydrogen-bond acceptors (Lipinski definition) is 2. The number of rotatable bonds is 2. The fourth-order valence-electron chi connectivity index (χ4n) is 1.47. The van der Waals surface area contributed by atoms with Crippen molar-refractivity contribution >= 4 is 38.6 Å². The van der Waals surface area contributed by atoms with Crippen molar-refractivity contribution in [3.05, 3.63) is 34.2 Å². The van der Waals surface area contributed by atoms with E-state index in [1.54, 1.807) is 0 Å². The second-order valence-electron chi connectivity index (χ2n) is 3.12. The first-order chi connectivity index (χ1) is 7.52. The highest BCUT2D eigenvalue weighted by molar-refractivity contribution is 9.10. The van der Waals surface area contributed by atoms with Gasteiger partial charge in [0.25, 0.3) is 5.78 Å². The van der Waals surface area contributed by atoms with Crippen LogP contribution >= 0.6 is 15.9 Å². The van der Waals surface area contributed by atoms with Gasteiger partial charge in [0, 0.05) is 16.1 Å². The Morgan fingerprint density at radius 1 is 1.38 bits per heavy atom. The SMILES string of the molecule is O=C(O)C(=O)c1c[nH]c2c(Br)ccc(F)c12. The minimum Gasteiger partial charge on any atom is -0.475 e. The Balaban J connectivity index is 2.78. The van der Waals surface area contributed by atoms with Crippen LogP contribution in [0.1, 0.15) is 10.4 Å². The van der Waals surface area contributed by atoms with Crippen LogP contribution in [-0.2, 0) is 4.79 Å². The number of fused-ring (bicyclic) bond motifs is 1. The largest absolute Gasteiger partial charge is 0.475 e. The Kier molecular flexibility index (Phi) is 2.51.